The minimum atomic E-state index is -0.787. The Morgan fingerprint density at radius 1 is 0.725 bits per heavy atom. The van der Waals surface area contributed by atoms with E-state index in [2.05, 4.69) is 31.2 Å². The van der Waals surface area contributed by atoms with Crippen LogP contribution in [0.25, 0.3) is 0 Å². The molecule has 0 aliphatic rings. The summed E-state index contributed by atoms with van der Waals surface area (Å²) in [6.07, 6.45) is 0.195. The summed E-state index contributed by atoms with van der Waals surface area (Å²) in [5, 5.41) is 11.3. The number of hydrogen-bond donors (Lipinski definition) is 5. The molecular formula is C26H46N8O6. The zero-order chi connectivity index (χ0) is 30.5. The van der Waals surface area contributed by atoms with Gasteiger partial charge in [0, 0.05) is 39.3 Å². The number of nitrogens with two attached hydrogens (primary N) is 1. The predicted molar refractivity (Wildman–Crippen MR) is 152 cm³/mol. The van der Waals surface area contributed by atoms with Crippen LogP contribution in [0.15, 0.2) is 0 Å². The molecule has 6 N–H and O–H groups in total. The molecule has 1 aromatic rings. The van der Waals surface area contributed by atoms with Gasteiger partial charge in [0.15, 0.2) is 23.0 Å². The van der Waals surface area contributed by atoms with Crippen LogP contribution in [0.2, 0.25) is 0 Å². The van der Waals surface area contributed by atoms with Gasteiger partial charge in [-0.2, -0.15) is 0 Å². The molecule has 1 heterocycles. The molecule has 0 spiro atoms. The highest BCUT2D eigenvalue weighted by atomic mass is 16.6. The molecule has 0 saturated heterocycles. The SMILES string of the molecule is CCCNc1nc(C(=O)N(CCNC(=O)OC(C)(C)C)CCNC(=O)OC(C)(C)C)c(NCCC)nc1C(N)=O. The van der Waals surface area contributed by atoms with Gasteiger partial charge in [-0.15, -0.1) is 0 Å². The number of aromatic nitrogens is 2. The minimum Gasteiger partial charge on any atom is -0.444 e. The lowest BCUT2D eigenvalue weighted by atomic mass is 10.2. The first-order chi connectivity index (χ1) is 18.6. The first-order valence-electron chi connectivity index (χ1n) is 13.5. The molecule has 1 rings (SSSR count). The second kappa shape index (κ2) is 15.7. The van der Waals surface area contributed by atoms with Gasteiger partial charge in [-0.25, -0.2) is 19.6 Å². The number of ether oxygens (including phenoxy) is 2. The highest BCUT2D eigenvalue weighted by Crippen LogP contribution is 2.20. The van der Waals surface area contributed by atoms with Crippen molar-refractivity contribution in [3.05, 3.63) is 11.4 Å². The highest BCUT2D eigenvalue weighted by molar-refractivity contribution is 6.01. The van der Waals surface area contributed by atoms with Crippen LogP contribution in [-0.4, -0.2) is 89.3 Å². The number of nitrogens with zero attached hydrogens (tertiary/aromatic N) is 3. The van der Waals surface area contributed by atoms with Crippen LogP contribution >= 0.6 is 0 Å². The quantitative estimate of drug-likeness (QED) is 0.224. The van der Waals surface area contributed by atoms with E-state index in [0.29, 0.717) is 13.1 Å². The summed E-state index contributed by atoms with van der Waals surface area (Å²) in [7, 11) is 0. The van der Waals surface area contributed by atoms with Crippen molar-refractivity contribution in [3.63, 3.8) is 0 Å². The van der Waals surface area contributed by atoms with Crippen LogP contribution in [0.4, 0.5) is 21.2 Å². The summed E-state index contributed by atoms with van der Waals surface area (Å²) in [6.45, 7) is 15.6. The van der Waals surface area contributed by atoms with Crippen LogP contribution in [0.3, 0.4) is 0 Å². The summed E-state index contributed by atoms with van der Waals surface area (Å²) in [5.41, 5.74) is 4.04. The lowest BCUT2D eigenvalue weighted by Gasteiger charge is -2.25. The number of hydrogen-bond acceptors (Lipinski definition) is 10. The maximum absolute atomic E-state index is 13.8. The average molecular weight is 567 g/mol. The number of carbonyl (C=O) groups excluding carboxylic acids is 4. The highest BCUT2D eigenvalue weighted by Gasteiger charge is 2.26. The van der Waals surface area contributed by atoms with E-state index in [0.717, 1.165) is 12.8 Å². The number of alkyl carbamates (subject to hydrolysis) is 2. The Balaban J connectivity index is 3.28. The topological polar surface area (TPSA) is 190 Å². The molecule has 0 aliphatic carbocycles. The fourth-order valence-corrected chi connectivity index (χ4v) is 3.17. The third kappa shape index (κ3) is 12.8. The molecule has 1 aromatic heterocycles. The molecule has 4 amide bonds. The van der Waals surface area contributed by atoms with E-state index in [-0.39, 0.29) is 49.2 Å². The van der Waals surface area contributed by atoms with Crippen molar-refractivity contribution in [3.8, 4) is 0 Å². The monoisotopic (exact) mass is 566 g/mol. The average Bonchev–Trinajstić information content (AvgIpc) is 2.82. The van der Waals surface area contributed by atoms with E-state index >= 15 is 0 Å². The van der Waals surface area contributed by atoms with E-state index in [9.17, 15) is 19.2 Å². The van der Waals surface area contributed by atoms with Crippen LogP contribution in [-0.2, 0) is 9.47 Å². The molecule has 0 aromatic carbocycles. The Morgan fingerprint density at radius 3 is 1.50 bits per heavy atom. The fourth-order valence-electron chi connectivity index (χ4n) is 3.17. The van der Waals surface area contributed by atoms with Gasteiger partial charge in [0.25, 0.3) is 11.8 Å². The van der Waals surface area contributed by atoms with Crippen molar-refractivity contribution >= 4 is 35.6 Å². The largest absolute Gasteiger partial charge is 0.444 e. The standard InChI is InChI=1S/C26H46N8O6/c1-9-11-28-20-17(19(27)35)32-21(29-12-10-2)18(33-20)22(36)34(15-13-30-23(37)39-25(3,4)5)16-14-31-24(38)40-26(6,7)8/h9-16H2,1-8H3,(H2,27,35)(H,28,33)(H,29,32)(H,30,37)(H,31,38). The summed E-state index contributed by atoms with van der Waals surface area (Å²) >= 11 is 0. The number of anilines is 2. The van der Waals surface area contributed by atoms with Gasteiger partial charge in [0.1, 0.15) is 11.2 Å². The normalized spacial score (nSPS) is 11.3. The molecule has 0 radical (unpaired) electrons. The van der Waals surface area contributed by atoms with E-state index in [1.165, 1.54) is 4.90 Å². The molecule has 0 fully saturated rings. The van der Waals surface area contributed by atoms with Crippen molar-refractivity contribution in [1.82, 2.24) is 25.5 Å². The fraction of sp³-hybridized carbons (Fsp3) is 0.692. The van der Waals surface area contributed by atoms with Crippen molar-refractivity contribution in [1.29, 1.82) is 0 Å². The van der Waals surface area contributed by atoms with Gasteiger partial charge >= 0.3 is 12.2 Å². The van der Waals surface area contributed by atoms with Gasteiger partial charge in [-0.05, 0) is 54.4 Å². The second-order valence-electron chi connectivity index (χ2n) is 11.0. The first kappa shape index (κ1) is 34.2. The summed E-state index contributed by atoms with van der Waals surface area (Å²) in [6, 6.07) is 0. The zero-order valence-corrected chi connectivity index (χ0v) is 25.0. The molecule has 0 saturated carbocycles. The van der Waals surface area contributed by atoms with Crippen LogP contribution in [0, 0.1) is 0 Å². The molecule has 40 heavy (non-hydrogen) atoms. The van der Waals surface area contributed by atoms with Gasteiger partial charge in [-0.3, -0.25) is 9.59 Å². The van der Waals surface area contributed by atoms with Gasteiger partial charge < -0.3 is 41.4 Å². The molecule has 14 heteroatoms. The minimum absolute atomic E-state index is 0.0356. The summed E-state index contributed by atoms with van der Waals surface area (Å²) in [4.78, 5) is 60.3. The molecular weight excluding hydrogens is 520 g/mol. The molecule has 226 valence electrons. The van der Waals surface area contributed by atoms with Gasteiger partial charge in [-0.1, -0.05) is 13.8 Å². The van der Waals surface area contributed by atoms with Gasteiger partial charge in [0.2, 0.25) is 0 Å². The lowest BCUT2D eigenvalue weighted by molar-refractivity contribution is 0.0508. The molecule has 0 unspecified atom stereocenters. The van der Waals surface area contributed by atoms with E-state index in [1.807, 2.05) is 13.8 Å². The Bertz CT molecular complexity index is 986. The Hall–Kier alpha value is -3.84. The Kier molecular flexibility index (Phi) is 13.4. The number of nitrogens with one attached hydrogen (secondary N) is 4. The van der Waals surface area contributed by atoms with E-state index < -0.39 is 35.2 Å². The van der Waals surface area contributed by atoms with Gasteiger partial charge in [0.05, 0.1) is 0 Å². The third-order valence-electron chi connectivity index (χ3n) is 4.80. The van der Waals surface area contributed by atoms with Crippen LogP contribution in [0.5, 0.6) is 0 Å². The van der Waals surface area contributed by atoms with Crippen LogP contribution < -0.4 is 27.0 Å². The smallest absolute Gasteiger partial charge is 0.407 e. The van der Waals surface area contributed by atoms with Crippen molar-refractivity contribution in [2.45, 2.75) is 79.4 Å². The maximum atomic E-state index is 13.8. The van der Waals surface area contributed by atoms with Crippen molar-refractivity contribution < 1.29 is 28.7 Å². The second-order valence-corrected chi connectivity index (χ2v) is 11.0. The van der Waals surface area contributed by atoms with Crippen molar-refractivity contribution in [2.24, 2.45) is 5.73 Å². The van der Waals surface area contributed by atoms with Crippen LogP contribution in [0.1, 0.15) is 89.2 Å². The maximum Gasteiger partial charge on any atom is 0.407 e. The third-order valence-corrected chi connectivity index (χ3v) is 4.80. The number of carbonyl (C=O) groups is 4. The molecule has 0 aliphatic heterocycles. The summed E-state index contributed by atoms with van der Waals surface area (Å²) in [5.74, 6) is -1.12. The first-order valence-corrected chi connectivity index (χ1v) is 13.5. The zero-order valence-electron chi connectivity index (χ0n) is 25.0. The summed E-state index contributed by atoms with van der Waals surface area (Å²) < 4.78 is 10.5. The number of rotatable bonds is 14. The van der Waals surface area contributed by atoms with E-state index in [4.69, 9.17) is 15.2 Å². The van der Waals surface area contributed by atoms with Crippen molar-refractivity contribution in [2.75, 3.05) is 49.9 Å². The predicted octanol–water partition coefficient (Wildman–Crippen LogP) is 2.71. The number of amides is 4. The van der Waals surface area contributed by atoms with E-state index in [1.54, 1.807) is 41.5 Å². The Labute approximate surface area is 236 Å². The molecule has 0 bridgehead atoms. The number of primary amides is 1. The Morgan fingerprint density at radius 2 is 1.12 bits per heavy atom. The molecule has 0 atom stereocenters. The lowest BCUT2D eigenvalue weighted by Crippen LogP contribution is -2.44. The molecule has 14 nitrogen and oxygen atoms in total.